The van der Waals surface area contributed by atoms with Crippen LogP contribution < -0.4 is 0 Å². The van der Waals surface area contributed by atoms with Crippen molar-refractivity contribution in [3.8, 4) is 0 Å². The molecule has 0 aliphatic carbocycles. The fourth-order valence-corrected chi connectivity index (χ4v) is 1.24. The SMILES string of the molecule is O=Cc1cc(C(F)F)c(C=O)cc1CO. The molecule has 0 bridgehead atoms. The quantitative estimate of drug-likeness (QED) is 0.776. The van der Waals surface area contributed by atoms with Gasteiger partial charge in [-0.05, 0) is 17.7 Å². The van der Waals surface area contributed by atoms with Crippen LogP contribution in [0, 0.1) is 0 Å². The number of halogens is 2. The van der Waals surface area contributed by atoms with Crippen LogP contribution in [0.1, 0.15) is 38.3 Å². The van der Waals surface area contributed by atoms with Crippen molar-refractivity contribution in [3.05, 3.63) is 34.4 Å². The van der Waals surface area contributed by atoms with Crippen LogP contribution in [-0.2, 0) is 6.61 Å². The molecule has 80 valence electrons. The highest BCUT2D eigenvalue weighted by Gasteiger charge is 2.15. The van der Waals surface area contributed by atoms with E-state index < -0.39 is 18.6 Å². The number of alkyl halides is 2. The number of aldehydes is 2. The fraction of sp³-hybridized carbons (Fsp3) is 0.200. The van der Waals surface area contributed by atoms with E-state index in [2.05, 4.69) is 0 Å². The molecule has 0 aliphatic rings. The van der Waals surface area contributed by atoms with Gasteiger partial charge in [0.15, 0.2) is 6.29 Å². The Morgan fingerprint density at radius 1 is 1.20 bits per heavy atom. The Kier molecular flexibility index (Phi) is 3.62. The first-order chi connectivity index (χ1) is 7.13. The van der Waals surface area contributed by atoms with Crippen molar-refractivity contribution in [2.45, 2.75) is 13.0 Å². The molecule has 0 fully saturated rings. The summed E-state index contributed by atoms with van der Waals surface area (Å²) in [6.07, 6.45) is -2.18. The van der Waals surface area contributed by atoms with Gasteiger partial charge in [0, 0.05) is 16.7 Å². The third-order valence-electron chi connectivity index (χ3n) is 2.00. The Hall–Kier alpha value is -1.62. The second-order valence-corrected chi connectivity index (χ2v) is 2.87. The van der Waals surface area contributed by atoms with Gasteiger partial charge in [-0.1, -0.05) is 0 Å². The molecule has 0 saturated carbocycles. The lowest BCUT2D eigenvalue weighted by Gasteiger charge is -2.08. The molecule has 0 aliphatic heterocycles. The summed E-state index contributed by atoms with van der Waals surface area (Å²) in [7, 11) is 0. The van der Waals surface area contributed by atoms with E-state index in [9.17, 15) is 18.4 Å². The number of aliphatic hydroxyl groups excluding tert-OH is 1. The van der Waals surface area contributed by atoms with E-state index in [1.807, 2.05) is 0 Å². The van der Waals surface area contributed by atoms with Crippen molar-refractivity contribution >= 4 is 12.6 Å². The summed E-state index contributed by atoms with van der Waals surface area (Å²) >= 11 is 0. The molecule has 5 heteroatoms. The smallest absolute Gasteiger partial charge is 0.264 e. The molecule has 0 radical (unpaired) electrons. The van der Waals surface area contributed by atoms with Crippen LogP contribution in [0.15, 0.2) is 12.1 Å². The molecule has 3 nitrogen and oxygen atoms in total. The fourth-order valence-electron chi connectivity index (χ4n) is 1.24. The minimum atomic E-state index is -2.82. The number of carbonyl (C=O) groups is 2. The molecule has 1 aromatic rings. The van der Waals surface area contributed by atoms with Crippen molar-refractivity contribution in [1.29, 1.82) is 0 Å². The Morgan fingerprint density at radius 2 is 1.80 bits per heavy atom. The average molecular weight is 214 g/mol. The highest BCUT2D eigenvalue weighted by molar-refractivity contribution is 5.84. The summed E-state index contributed by atoms with van der Waals surface area (Å²) in [5.74, 6) is 0. The van der Waals surface area contributed by atoms with E-state index in [1.54, 1.807) is 0 Å². The summed E-state index contributed by atoms with van der Waals surface area (Å²) < 4.78 is 24.9. The third kappa shape index (κ3) is 2.24. The molecule has 1 aromatic carbocycles. The first-order valence-corrected chi connectivity index (χ1v) is 4.10. The second-order valence-electron chi connectivity index (χ2n) is 2.87. The van der Waals surface area contributed by atoms with Gasteiger partial charge in [-0.3, -0.25) is 9.59 Å². The number of aliphatic hydroxyl groups is 1. The minimum absolute atomic E-state index is 0.0293. The number of rotatable bonds is 4. The molecular formula is C10H8F2O3. The van der Waals surface area contributed by atoms with Gasteiger partial charge in [0.05, 0.1) is 6.61 Å². The highest BCUT2D eigenvalue weighted by Crippen LogP contribution is 2.25. The monoisotopic (exact) mass is 214 g/mol. The van der Waals surface area contributed by atoms with Crippen LogP contribution in [-0.4, -0.2) is 17.7 Å². The molecule has 1 N–H and O–H groups in total. The van der Waals surface area contributed by atoms with Gasteiger partial charge in [0.25, 0.3) is 6.43 Å². The van der Waals surface area contributed by atoms with E-state index in [1.165, 1.54) is 0 Å². The van der Waals surface area contributed by atoms with Gasteiger partial charge < -0.3 is 5.11 Å². The molecule has 0 aromatic heterocycles. The van der Waals surface area contributed by atoms with Crippen LogP contribution in [0.2, 0.25) is 0 Å². The maximum absolute atomic E-state index is 12.4. The zero-order valence-corrected chi connectivity index (χ0v) is 7.61. The van der Waals surface area contributed by atoms with Crippen molar-refractivity contribution in [3.63, 3.8) is 0 Å². The van der Waals surface area contributed by atoms with Crippen LogP contribution >= 0.6 is 0 Å². The number of hydrogen-bond acceptors (Lipinski definition) is 3. The van der Waals surface area contributed by atoms with E-state index in [0.29, 0.717) is 6.29 Å². The molecule has 0 amide bonds. The van der Waals surface area contributed by atoms with Crippen LogP contribution in [0.25, 0.3) is 0 Å². The predicted molar refractivity (Wildman–Crippen MR) is 48.1 cm³/mol. The lowest BCUT2D eigenvalue weighted by atomic mass is 10.00. The summed E-state index contributed by atoms with van der Waals surface area (Å²) in [4.78, 5) is 21.0. The first kappa shape index (κ1) is 11.5. The molecule has 0 spiro atoms. The third-order valence-corrected chi connectivity index (χ3v) is 2.00. The Labute approximate surface area is 84.3 Å². The van der Waals surface area contributed by atoms with Crippen LogP contribution in [0.3, 0.4) is 0 Å². The second kappa shape index (κ2) is 4.75. The van der Waals surface area contributed by atoms with Gasteiger partial charge in [-0.15, -0.1) is 0 Å². The zero-order chi connectivity index (χ0) is 11.4. The van der Waals surface area contributed by atoms with Gasteiger partial charge in [-0.25, -0.2) is 8.78 Å². The van der Waals surface area contributed by atoms with Crippen molar-refractivity contribution in [1.82, 2.24) is 0 Å². The minimum Gasteiger partial charge on any atom is -0.392 e. The Bertz CT molecular complexity index is 388. The standard InChI is InChI=1S/C10H8F2O3/c11-10(12)9-2-7(4-14)6(3-13)1-8(9)5-15/h1-2,4-5,10,13H,3H2. The maximum atomic E-state index is 12.4. The van der Waals surface area contributed by atoms with E-state index >= 15 is 0 Å². The molecule has 0 unspecified atom stereocenters. The molecular weight excluding hydrogens is 206 g/mol. The van der Waals surface area contributed by atoms with Crippen molar-refractivity contribution in [2.24, 2.45) is 0 Å². The van der Waals surface area contributed by atoms with Crippen molar-refractivity contribution < 1.29 is 23.5 Å². The maximum Gasteiger partial charge on any atom is 0.264 e. The van der Waals surface area contributed by atoms with Gasteiger partial charge in [0.2, 0.25) is 0 Å². The highest BCUT2D eigenvalue weighted by atomic mass is 19.3. The van der Waals surface area contributed by atoms with E-state index in [0.717, 1.165) is 12.1 Å². The number of benzene rings is 1. The topological polar surface area (TPSA) is 54.4 Å². The predicted octanol–water partition coefficient (Wildman–Crippen LogP) is 1.74. The van der Waals surface area contributed by atoms with Crippen molar-refractivity contribution in [2.75, 3.05) is 0 Å². The first-order valence-electron chi connectivity index (χ1n) is 4.10. The van der Waals surface area contributed by atoms with E-state index in [-0.39, 0.29) is 23.0 Å². The summed E-state index contributed by atoms with van der Waals surface area (Å²) in [5.41, 5.74) is -0.571. The van der Waals surface area contributed by atoms with Gasteiger partial charge in [-0.2, -0.15) is 0 Å². The summed E-state index contributed by atoms with van der Waals surface area (Å²) in [5, 5.41) is 8.84. The normalized spacial score (nSPS) is 10.4. The largest absolute Gasteiger partial charge is 0.392 e. The summed E-state index contributed by atoms with van der Waals surface area (Å²) in [6, 6.07) is 2.02. The number of carbonyl (C=O) groups excluding carboxylic acids is 2. The molecule has 1 rings (SSSR count). The zero-order valence-electron chi connectivity index (χ0n) is 7.61. The van der Waals surface area contributed by atoms with Crippen LogP contribution in [0.5, 0.6) is 0 Å². The Morgan fingerprint density at radius 3 is 2.20 bits per heavy atom. The molecule has 0 atom stereocenters. The average Bonchev–Trinajstić information content (AvgIpc) is 2.26. The van der Waals surface area contributed by atoms with Gasteiger partial charge >= 0.3 is 0 Å². The lowest BCUT2D eigenvalue weighted by molar-refractivity contribution is 0.109. The molecule has 0 heterocycles. The van der Waals surface area contributed by atoms with Crippen LogP contribution in [0.4, 0.5) is 8.78 Å². The van der Waals surface area contributed by atoms with E-state index in [4.69, 9.17) is 5.11 Å². The van der Waals surface area contributed by atoms with Gasteiger partial charge in [0.1, 0.15) is 6.29 Å². The molecule has 15 heavy (non-hydrogen) atoms. The number of hydrogen-bond donors (Lipinski definition) is 1. The Balaban J connectivity index is 3.40. The molecule has 0 saturated heterocycles. The summed E-state index contributed by atoms with van der Waals surface area (Å²) in [6.45, 7) is -0.474. The lowest BCUT2D eigenvalue weighted by Crippen LogP contribution is -2.01.